The second kappa shape index (κ2) is 11.6. The van der Waals surface area contributed by atoms with E-state index in [4.69, 9.17) is 11.6 Å². The van der Waals surface area contributed by atoms with E-state index in [1.54, 1.807) is 24.5 Å². The van der Waals surface area contributed by atoms with Crippen LogP contribution in [0.25, 0.3) is 22.0 Å². The molecule has 0 radical (unpaired) electrons. The van der Waals surface area contributed by atoms with Crippen molar-refractivity contribution in [3.05, 3.63) is 94.7 Å². The normalized spacial score (nSPS) is 14.9. The standard InChI is InChI=1S/C34H32ClF3N8/c1-20-24(21-8-12-40-13-9-21)6-5-7-25(20)31(28-18-46(45-44-28)33(10-11-33)34(36,37)38)43-27-15-23(35)14-26-29(42-19-32(2,3)4)22(16-39)17-41-30(26)27/h5-9,12-15,17-18,31,43H,10-11,19H2,1-4H3,(H,41,42)/t31-/m0/s1. The second-order valence-electron chi connectivity index (χ2n) is 12.9. The molecule has 3 aromatic heterocycles. The fraction of sp³-hybridized carbons (Fsp3) is 0.324. The van der Waals surface area contributed by atoms with Gasteiger partial charge in [-0.15, -0.1) is 5.10 Å². The van der Waals surface area contributed by atoms with Crippen molar-refractivity contribution in [2.75, 3.05) is 17.2 Å². The van der Waals surface area contributed by atoms with E-state index in [9.17, 15) is 18.4 Å². The summed E-state index contributed by atoms with van der Waals surface area (Å²) in [5.41, 5.74) is 3.77. The van der Waals surface area contributed by atoms with Gasteiger partial charge in [0.25, 0.3) is 0 Å². The molecule has 0 spiro atoms. The highest BCUT2D eigenvalue weighted by molar-refractivity contribution is 6.32. The zero-order chi connectivity index (χ0) is 32.9. The summed E-state index contributed by atoms with van der Waals surface area (Å²) >= 11 is 6.67. The average molecular weight is 645 g/mol. The Bertz CT molecular complexity index is 1950. The molecule has 236 valence electrons. The van der Waals surface area contributed by atoms with E-state index < -0.39 is 17.8 Å². The Hall–Kier alpha value is -4.69. The van der Waals surface area contributed by atoms with Gasteiger partial charge in [-0.1, -0.05) is 55.8 Å². The van der Waals surface area contributed by atoms with Crippen LogP contribution in [-0.2, 0) is 5.54 Å². The van der Waals surface area contributed by atoms with Crippen LogP contribution in [0.4, 0.5) is 24.5 Å². The molecule has 3 heterocycles. The van der Waals surface area contributed by atoms with E-state index in [0.29, 0.717) is 45.1 Å². The monoisotopic (exact) mass is 644 g/mol. The Morgan fingerprint density at radius 1 is 1.11 bits per heavy atom. The van der Waals surface area contributed by atoms with Gasteiger partial charge in [0.15, 0.2) is 5.54 Å². The highest BCUT2D eigenvalue weighted by Gasteiger charge is 2.66. The van der Waals surface area contributed by atoms with Gasteiger partial charge in [-0.3, -0.25) is 9.97 Å². The first kappa shape index (κ1) is 31.3. The molecule has 0 unspecified atom stereocenters. The minimum atomic E-state index is -4.46. The number of anilines is 2. The van der Waals surface area contributed by atoms with E-state index in [1.807, 2.05) is 37.3 Å². The Morgan fingerprint density at radius 3 is 2.50 bits per heavy atom. The molecule has 6 rings (SSSR count). The minimum Gasteiger partial charge on any atom is -0.383 e. The molecule has 1 fully saturated rings. The second-order valence-corrected chi connectivity index (χ2v) is 13.3. The van der Waals surface area contributed by atoms with Crippen molar-refractivity contribution in [2.24, 2.45) is 5.41 Å². The number of rotatable bonds is 8. The van der Waals surface area contributed by atoms with E-state index in [-0.39, 0.29) is 18.3 Å². The molecule has 2 aromatic carbocycles. The third-order valence-electron chi connectivity index (χ3n) is 8.33. The van der Waals surface area contributed by atoms with Crippen LogP contribution in [0.2, 0.25) is 5.02 Å². The largest absolute Gasteiger partial charge is 0.413 e. The number of hydrogen-bond acceptors (Lipinski definition) is 7. The zero-order valence-electron chi connectivity index (χ0n) is 25.7. The van der Waals surface area contributed by atoms with E-state index in [0.717, 1.165) is 26.9 Å². The van der Waals surface area contributed by atoms with Gasteiger partial charge in [0.05, 0.1) is 34.7 Å². The molecule has 46 heavy (non-hydrogen) atoms. The first-order chi connectivity index (χ1) is 21.8. The molecule has 1 saturated carbocycles. The predicted octanol–water partition coefficient (Wildman–Crippen LogP) is 8.43. The first-order valence-corrected chi connectivity index (χ1v) is 15.2. The number of aromatic nitrogens is 5. The lowest BCUT2D eigenvalue weighted by molar-refractivity contribution is -0.182. The zero-order valence-corrected chi connectivity index (χ0v) is 26.5. The van der Waals surface area contributed by atoms with E-state index in [2.05, 4.69) is 57.8 Å². The van der Waals surface area contributed by atoms with Crippen molar-refractivity contribution >= 4 is 33.9 Å². The molecule has 0 amide bonds. The van der Waals surface area contributed by atoms with Crippen LogP contribution in [0.15, 0.2) is 67.3 Å². The summed E-state index contributed by atoms with van der Waals surface area (Å²) < 4.78 is 43.1. The first-order valence-electron chi connectivity index (χ1n) is 14.8. The summed E-state index contributed by atoms with van der Waals surface area (Å²) in [6.45, 7) is 8.80. The van der Waals surface area contributed by atoms with E-state index >= 15 is 0 Å². The summed E-state index contributed by atoms with van der Waals surface area (Å²) in [6.07, 6.45) is 1.73. The predicted molar refractivity (Wildman–Crippen MR) is 173 cm³/mol. The third-order valence-corrected chi connectivity index (χ3v) is 8.54. The quantitative estimate of drug-likeness (QED) is 0.175. The van der Waals surface area contributed by atoms with Gasteiger partial charge < -0.3 is 10.6 Å². The summed E-state index contributed by atoms with van der Waals surface area (Å²) in [5, 5.41) is 26.1. The number of alkyl halides is 3. The molecule has 0 bridgehead atoms. The molecule has 5 aromatic rings. The smallest absolute Gasteiger partial charge is 0.383 e. The van der Waals surface area contributed by atoms with Gasteiger partial charge in [0.1, 0.15) is 11.8 Å². The maximum absolute atomic E-state index is 14.1. The Labute approximate surface area is 269 Å². The van der Waals surface area contributed by atoms with Crippen molar-refractivity contribution in [1.29, 1.82) is 5.26 Å². The lowest BCUT2D eigenvalue weighted by Gasteiger charge is -2.24. The number of benzene rings is 2. The summed E-state index contributed by atoms with van der Waals surface area (Å²) in [5.74, 6) is 0. The number of nitrogens with zero attached hydrogens (tertiary/aromatic N) is 6. The van der Waals surface area contributed by atoms with Gasteiger partial charge >= 0.3 is 6.18 Å². The van der Waals surface area contributed by atoms with Crippen molar-refractivity contribution in [1.82, 2.24) is 25.0 Å². The van der Waals surface area contributed by atoms with E-state index in [1.165, 1.54) is 12.4 Å². The Kier molecular flexibility index (Phi) is 7.89. The third kappa shape index (κ3) is 5.85. The van der Waals surface area contributed by atoms with Gasteiger partial charge in [0, 0.05) is 35.5 Å². The number of halogens is 4. The molecule has 12 heteroatoms. The SMILES string of the molecule is Cc1c(-c2ccncc2)cccc1[C@H](Nc1cc(Cl)cc2c(NCC(C)(C)C)c(C#N)cnc12)c1cn(C2(C(F)(F)F)CC2)nn1. The topological polar surface area (TPSA) is 104 Å². The Morgan fingerprint density at radius 2 is 1.85 bits per heavy atom. The number of pyridine rings is 2. The number of nitriles is 1. The van der Waals surface area contributed by atoms with Crippen LogP contribution in [0.1, 0.15) is 62.0 Å². The molecule has 2 N–H and O–H groups in total. The fourth-order valence-electron chi connectivity index (χ4n) is 5.66. The van der Waals surface area contributed by atoms with Crippen LogP contribution in [0.3, 0.4) is 0 Å². The fourth-order valence-corrected chi connectivity index (χ4v) is 5.88. The lowest BCUT2D eigenvalue weighted by atomic mass is 9.92. The van der Waals surface area contributed by atoms with Crippen LogP contribution in [0, 0.1) is 23.7 Å². The molecule has 1 aliphatic rings. The highest BCUT2D eigenvalue weighted by Crippen LogP contribution is 2.55. The van der Waals surface area contributed by atoms with Gasteiger partial charge in [-0.2, -0.15) is 18.4 Å². The van der Waals surface area contributed by atoms with Crippen LogP contribution < -0.4 is 10.6 Å². The van der Waals surface area contributed by atoms with Gasteiger partial charge in [0.2, 0.25) is 0 Å². The van der Waals surface area contributed by atoms with Crippen LogP contribution in [-0.4, -0.2) is 37.7 Å². The summed E-state index contributed by atoms with van der Waals surface area (Å²) in [7, 11) is 0. The average Bonchev–Trinajstić information content (AvgIpc) is 3.70. The van der Waals surface area contributed by atoms with Crippen molar-refractivity contribution in [3.8, 4) is 17.2 Å². The van der Waals surface area contributed by atoms with Crippen molar-refractivity contribution < 1.29 is 13.2 Å². The van der Waals surface area contributed by atoms with Crippen molar-refractivity contribution in [2.45, 2.75) is 58.3 Å². The van der Waals surface area contributed by atoms with Gasteiger partial charge in [-0.25, -0.2) is 4.68 Å². The molecular formula is C34H32ClF3N8. The molecule has 1 atom stereocenters. The number of hydrogen-bond donors (Lipinski definition) is 2. The summed E-state index contributed by atoms with van der Waals surface area (Å²) in [4.78, 5) is 8.76. The maximum atomic E-state index is 14.1. The Balaban J connectivity index is 1.51. The minimum absolute atomic E-state index is 0.0532. The molecule has 8 nitrogen and oxygen atoms in total. The molecule has 0 aliphatic heterocycles. The number of fused-ring (bicyclic) bond motifs is 1. The lowest BCUT2D eigenvalue weighted by Crippen LogP contribution is -2.35. The maximum Gasteiger partial charge on any atom is 0.413 e. The van der Waals surface area contributed by atoms with Crippen LogP contribution in [0.5, 0.6) is 0 Å². The number of nitrogens with one attached hydrogen (secondary N) is 2. The highest BCUT2D eigenvalue weighted by atomic mass is 35.5. The molecule has 1 aliphatic carbocycles. The van der Waals surface area contributed by atoms with Crippen molar-refractivity contribution in [3.63, 3.8) is 0 Å². The summed E-state index contributed by atoms with van der Waals surface area (Å²) in [6, 6.07) is 14.6. The van der Waals surface area contributed by atoms with Gasteiger partial charge in [-0.05, 0) is 71.7 Å². The molecule has 0 saturated heterocycles. The van der Waals surface area contributed by atoms with Crippen LogP contribution >= 0.6 is 11.6 Å². The molecular weight excluding hydrogens is 613 g/mol.